The van der Waals surface area contributed by atoms with Crippen LogP contribution in [0, 0.1) is 47.3 Å². The van der Waals surface area contributed by atoms with Crippen LogP contribution in [0.2, 0.25) is 0 Å². The van der Waals surface area contributed by atoms with Gasteiger partial charge in [0.05, 0.1) is 25.4 Å². The normalized spacial score (nSPS) is 57.0. The maximum Gasteiger partial charge on any atom is 0.0704 e. The average Bonchev–Trinajstić information content (AvgIpc) is 3.40. The van der Waals surface area contributed by atoms with Crippen molar-refractivity contribution in [3.63, 3.8) is 0 Å². The summed E-state index contributed by atoms with van der Waals surface area (Å²) in [6.45, 7) is 1.73. The molecular weight excluding hydrogens is 296 g/mol. The van der Waals surface area contributed by atoms with Crippen molar-refractivity contribution in [2.45, 2.75) is 76.4 Å². The third-order valence-electron chi connectivity index (χ3n) is 9.51. The molecule has 6 rings (SSSR count). The number of hydrogen-bond donors (Lipinski definition) is 0. The highest BCUT2D eigenvalue weighted by Crippen LogP contribution is 2.60. The molecule has 8 unspecified atom stereocenters. The maximum atomic E-state index is 6.45. The van der Waals surface area contributed by atoms with Crippen LogP contribution in [0.5, 0.6) is 0 Å². The molecule has 6 aliphatic rings. The molecule has 0 aliphatic heterocycles. The van der Waals surface area contributed by atoms with E-state index >= 15 is 0 Å². The first-order valence-electron chi connectivity index (χ1n) is 11.1. The number of hydrogen-bond acceptors (Lipinski definition) is 2. The topological polar surface area (TPSA) is 18.5 Å². The van der Waals surface area contributed by atoms with Crippen molar-refractivity contribution in [3.8, 4) is 0 Å². The molecule has 2 nitrogen and oxygen atoms in total. The summed E-state index contributed by atoms with van der Waals surface area (Å²) in [7, 11) is 0. The number of rotatable bonds is 5. The molecule has 4 bridgehead atoms. The van der Waals surface area contributed by atoms with Gasteiger partial charge in [0.15, 0.2) is 0 Å². The van der Waals surface area contributed by atoms with Gasteiger partial charge in [-0.2, -0.15) is 0 Å². The van der Waals surface area contributed by atoms with Crippen LogP contribution in [0.3, 0.4) is 0 Å². The van der Waals surface area contributed by atoms with Gasteiger partial charge in [-0.3, -0.25) is 0 Å². The second-order valence-corrected chi connectivity index (χ2v) is 10.00. The predicted molar refractivity (Wildman–Crippen MR) is 93.6 cm³/mol. The van der Waals surface area contributed by atoms with Gasteiger partial charge in [0.1, 0.15) is 0 Å². The van der Waals surface area contributed by atoms with Crippen LogP contribution in [-0.2, 0) is 9.47 Å². The SMILES string of the molecule is C1CC2C(C1)C1CCC2C1OCCOC1C2CCC1C1CCCC12. The van der Waals surface area contributed by atoms with E-state index < -0.39 is 0 Å². The quantitative estimate of drug-likeness (QED) is 0.682. The van der Waals surface area contributed by atoms with Crippen molar-refractivity contribution >= 4 is 0 Å². The standard InChI is InChI=1S/C22H34O2/c1-3-13-14(4-1)18-8-7-17(13)21(18)23-11-12-24-22-19-9-10-20(22)16-6-2-5-15(16)19/h13-22H,1-12H2. The van der Waals surface area contributed by atoms with E-state index in [1.807, 2.05) is 0 Å². The van der Waals surface area contributed by atoms with Gasteiger partial charge in [-0.25, -0.2) is 0 Å². The van der Waals surface area contributed by atoms with Gasteiger partial charge in [-0.1, -0.05) is 12.8 Å². The monoisotopic (exact) mass is 330 g/mol. The van der Waals surface area contributed by atoms with Crippen LogP contribution in [0.4, 0.5) is 0 Å². The van der Waals surface area contributed by atoms with E-state index in [1.54, 1.807) is 0 Å². The minimum atomic E-state index is 0.601. The van der Waals surface area contributed by atoms with Crippen LogP contribution >= 0.6 is 0 Å². The molecular formula is C22H34O2. The van der Waals surface area contributed by atoms with Gasteiger partial charge in [-0.15, -0.1) is 0 Å². The zero-order valence-electron chi connectivity index (χ0n) is 15.1. The Balaban J connectivity index is 1.02. The summed E-state index contributed by atoms with van der Waals surface area (Å²) in [6, 6.07) is 0. The highest BCUT2D eigenvalue weighted by atomic mass is 16.5. The molecule has 0 aromatic heterocycles. The molecule has 134 valence electrons. The summed E-state index contributed by atoms with van der Waals surface area (Å²) in [6.07, 6.45) is 16.0. The van der Waals surface area contributed by atoms with Crippen molar-refractivity contribution in [1.82, 2.24) is 0 Å². The third kappa shape index (κ3) is 2.02. The smallest absolute Gasteiger partial charge is 0.0704 e. The Morgan fingerprint density at radius 2 is 0.750 bits per heavy atom. The lowest BCUT2D eigenvalue weighted by molar-refractivity contribution is -0.0523. The van der Waals surface area contributed by atoms with Crippen molar-refractivity contribution < 1.29 is 9.47 Å². The van der Waals surface area contributed by atoms with E-state index in [4.69, 9.17) is 9.47 Å². The van der Waals surface area contributed by atoms with Crippen LogP contribution in [0.25, 0.3) is 0 Å². The Morgan fingerprint density at radius 3 is 1.08 bits per heavy atom. The van der Waals surface area contributed by atoms with Crippen LogP contribution < -0.4 is 0 Å². The van der Waals surface area contributed by atoms with E-state index in [1.165, 1.54) is 64.2 Å². The van der Waals surface area contributed by atoms with E-state index in [0.717, 1.165) is 60.6 Å². The highest BCUT2D eigenvalue weighted by molar-refractivity contribution is 5.06. The molecule has 0 heterocycles. The summed E-state index contributed by atoms with van der Waals surface area (Å²) in [5.41, 5.74) is 0. The average molecular weight is 331 g/mol. The predicted octanol–water partition coefficient (Wildman–Crippen LogP) is 4.67. The summed E-state index contributed by atoms with van der Waals surface area (Å²) < 4.78 is 12.9. The Morgan fingerprint density at radius 1 is 0.417 bits per heavy atom. The minimum Gasteiger partial charge on any atom is -0.375 e. The first-order chi connectivity index (χ1) is 11.9. The van der Waals surface area contributed by atoms with Crippen molar-refractivity contribution in [1.29, 1.82) is 0 Å². The molecule has 6 saturated carbocycles. The van der Waals surface area contributed by atoms with Crippen molar-refractivity contribution in [3.05, 3.63) is 0 Å². The van der Waals surface area contributed by atoms with Crippen LogP contribution in [0.1, 0.15) is 64.2 Å². The fourth-order valence-corrected chi connectivity index (χ4v) is 8.92. The molecule has 0 spiro atoms. The lowest BCUT2D eigenvalue weighted by Crippen LogP contribution is -2.26. The minimum absolute atomic E-state index is 0.601. The number of fused-ring (bicyclic) bond motifs is 10. The third-order valence-corrected chi connectivity index (χ3v) is 9.51. The molecule has 0 aromatic rings. The largest absolute Gasteiger partial charge is 0.375 e. The second kappa shape index (κ2) is 5.71. The van der Waals surface area contributed by atoms with Crippen LogP contribution in [-0.4, -0.2) is 25.4 Å². The zero-order chi connectivity index (χ0) is 15.7. The van der Waals surface area contributed by atoms with Crippen LogP contribution in [0.15, 0.2) is 0 Å². The molecule has 0 radical (unpaired) electrons. The summed E-state index contributed by atoms with van der Waals surface area (Å²) in [4.78, 5) is 0. The zero-order valence-corrected chi connectivity index (χ0v) is 15.1. The first kappa shape index (κ1) is 15.0. The van der Waals surface area contributed by atoms with E-state index in [9.17, 15) is 0 Å². The molecule has 0 saturated heterocycles. The Labute approximate surface area is 147 Å². The summed E-state index contributed by atoms with van der Waals surface area (Å²) >= 11 is 0. The molecule has 0 aromatic carbocycles. The Bertz CT molecular complexity index is 410. The van der Waals surface area contributed by atoms with Gasteiger partial charge in [0, 0.05) is 0 Å². The van der Waals surface area contributed by atoms with E-state index in [2.05, 4.69) is 0 Å². The maximum absolute atomic E-state index is 6.45. The molecule has 24 heavy (non-hydrogen) atoms. The van der Waals surface area contributed by atoms with Gasteiger partial charge < -0.3 is 9.47 Å². The van der Waals surface area contributed by atoms with Gasteiger partial charge in [-0.05, 0) is 98.7 Å². The van der Waals surface area contributed by atoms with Gasteiger partial charge in [0.2, 0.25) is 0 Å². The van der Waals surface area contributed by atoms with Crippen molar-refractivity contribution in [2.24, 2.45) is 47.3 Å². The number of ether oxygens (including phenoxy) is 2. The van der Waals surface area contributed by atoms with Crippen molar-refractivity contribution in [2.75, 3.05) is 13.2 Å². The highest BCUT2D eigenvalue weighted by Gasteiger charge is 2.57. The first-order valence-corrected chi connectivity index (χ1v) is 11.1. The molecule has 6 fully saturated rings. The molecule has 0 N–H and O–H groups in total. The van der Waals surface area contributed by atoms with Gasteiger partial charge in [0.25, 0.3) is 0 Å². The summed E-state index contributed by atoms with van der Waals surface area (Å²) in [5.74, 6) is 7.74. The summed E-state index contributed by atoms with van der Waals surface area (Å²) in [5, 5.41) is 0. The van der Waals surface area contributed by atoms with Gasteiger partial charge >= 0.3 is 0 Å². The Kier molecular flexibility index (Phi) is 3.57. The fraction of sp³-hybridized carbons (Fsp3) is 1.00. The molecule has 6 aliphatic carbocycles. The molecule has 8 atom stereocenters. The van der Waals surface area contributed by atoms with E-state index in [-0.39, 0.29) is 0 Å². The fourth-order valence-electron chi connectivity index (χ4n) is 8.92. The molecule has 0 amide bonds. The van der Waals surface area contributed by atoms with E-state index in [0.29, 0.717) is 12.2 Å². The molecule has 2 heteroatoms. The lowest BCUT2D eigenvalue weighted by atomic mass is 9.82. The Hall–Kier alpha value is -0.0800. The second-order valence-electron chi connectivity index (χ2n) is 10.00. The lowest BCUT2D eigenvalue weighted by Gasteiger charge is -2.22.